The first-order chi connectivity index (χ1) is 12.6. The summed E-state index contributed by atoms with van der Waals surface area (Å²) in [6, 6.07) is 7.60. The zero-order valence-electron chi connectivity index (χ0n) is 15.6. The van der Waals surface area contributed by atoms with Crippen molar-refractivity contribution in [2.24, 2.45) is 7.05 Å². The number of hydrogen-bond acceptors (Lipinski definition) is 4. The highest BCUT2D eigenvalue weighted by Gasteiger charge is 2.21. The number of amides is 2. The smallest absolute Gasteiger partial charge is 0.242 e. The summed E-state index contributed by atoms with van der Waals surface area (Å²) in [4.78, 5) is 26.0. The summed E-state index contributed by atoms with van der Waals surface area (Å²) in [6.07, 6.45) is 5.13. The number of carbonyl (C=O) groups is 2. The molecule has 0 aliphatic carbocycles. The average Bonchev–Trinajstić information content (AvgIpc) is 3.24. The fourth-order valence-electron chi connectivity index (χ4n) is 3.18. The van der Waals surface area contributed by atoms with Crippen molar-refractivity contribution >= 4 is 24.2 Å². The molecule has 0 radical (unpaired) electrons. The molecule has 1 aromatic heterocycles. The largest absolute Gasteiger partial charge is 0.350 e. The zero-order chi connectivity index (χ0) is 18.5. The molecule has 1 aromatic carbocycles. The van der Waals surface area contributed by atoms with Crippen LogP contribution in [0.1, 0.15) is 35.6 Å². The summed E-state index contributed by atoms with van der Waals surface area (Å²) in [5.74, 6) is 0.141. The van der Waals surface area contributed by atoms with Crippen molar-refractivity contribution in [1.82, 2.24) is 25.3 Å². The number of halogens is 1. The van der Waals surface area contributed by atoms with Crippen molar-refractivity contribution in [2.45, 2.75) is 32.0 Å². The van der Waals surface area contributed by atoms with Crippen molar-refractivity contribution in [3.8, 4) is 0 Å². The minimum atomic E-state index is -0.427. The van der Waals surface area contributed by atoms with E-state index in [2.05, 4.69) is 15.7 Å². The van der Waals surface area contributed by atoms with Gasteiger partial charge in [-0.2, -0.15) is 5.10 Å². The van der Waals surface area contributed by atoms with Crippen molar-refractivity contribution in [2.75, 3.05) is 13.6 Å². The molecule has 146 valence electrons. The Balaban J connectivity index is 0.00000261. The van der Waals surface area contributed by atoms with Crippen LogP contribution in [-0.2, 0) is 29.7 Å². The number of likely N-dealkylation sites (tertiary alicyclic amines) is 1. The molecule has 0 saturated carbocycles. The Morgan fingerprint density at radius 3 is 2.52 bits per heavy atom. The molecule has 0 bridgehead atoms. The van der Waals surface area contributed by atoms with Gasteiger partial charge in [-0.3, -0.25) is 14.3 Å². The first-order valence-electron chi connectivity index (χ1n) is 8.86. The second-order valence-corrected chi connectivity index (χ2v) is 6.62. The maximum atomic E-state index is 12.4. The maximum absolute atomic E-state index is 12.4. The first-order valence-corrected chi connectivity index (χ1v) is 8.86. The lowest BCUT2D eigenvalue weighted by Crippen LogP contribution is -2.35. The van der Waals surface area contributed by atoms with Crippen LogP contribution in [0.5, 0.6) is 0 Å². The Morgan fingerprint density at radius 1 is 1.26 bits per heavy atom. The Kier molecular flexibility index (Phi) is 7.38. The molecule has 1 aliphatic heterocycles. The molecule has 1 atom stereocenters. The lowest BCUT2D eigenvalue weighted by Gasteiger charge is -2.16. The van der Waals surface area contributed by atoms with Crippen LogP contribution < -0.4 is 10.6 Å². The van der Waals surface area contributed by atoms with Gasteiger partial charge < -0.3 is 15.5 Å². The van der Waals surface area contributed by atoms with E-state index in [-0.39, 0.29) is 24.2 Å². The van der Waals surface area contributed by atoms with E-state index in [1.807, 2.05) is 42.4 Å². The Labute approximate surface area is 165 Å². The van der Waals surface area contributed by atoms with E-state index in [1.54, 1.807) is 17.9 Å². The summed E-state index contributed by atoms with van der Waals surface area (Å²) in [6.45, 7) is 1.96. The second kappa shape index (κ2) is 9.53. The number of carbonyl (C=O) groups excluding carboxylic acids is 2. The van der Waals surface area contributed by atoms with E-state index in [0.717, 1.165) is 29.7 Å². The number of hydrogen-bond donors (Lipinski definition) is 2. The summed E-state index contributed by atoms with van der Waals surface area (Å²) in [5.41, 5.74) is 2.97. The zero-order valence-corrected chi connectivity index (χ0v) is 16.5. The monoisotopic (exact) mass is 391 g/mol. The van der Waals surface area contributed by atoms with Crippen LogP contribution >= 0.6 is 12.4 Å². The summed E-state index contributed by atoms with van der Waals surface area (Å²) in [5, 5.41) is 10.1. The molecule has 8 heteroatoms. The Bertz CT molecular complexity index is 775. The van der Waals surface area contributed by atoms with E-state index in [9.17, 15) is 9.59 Å². The van der Waals surface area contributed by atoms with E-state index in [0.29, 0.717) is 19.5 Å². The molecule has 7 nitrogen and oxygen atoms in total. The number of rotatable bonds is 7. The highest BCUT2D eigenvalue weighted by molar-refractivity contribution is 5.85. The lowest BCUT2D eigenvalue weighted by molar-refractivity contribution is -0.128. The van der Waals surface area contributed by atoms with Crippen molar-refractivity contribution in [1.29, 1.82) is 0 Å². The number of aromatic nitrogens is 2. The molecule has 27 heavy (non-hydrogen) atoms. The second-order valence-electron chi connectivity index (χ2n) is 6.62. The molecular weight excluding hydrogens is 366 g/mol. The van der Waals surface area contributed by atoms with Crippen LogP contribution in [0.2, 0.25) is 0 Å². The predicted molar refractivity (Wildman–Crippen MR) is 105 cm³/mol. The van der Waals surface area contributed by atoms with E-state index >= 15 is 0 Å². The normalized spacial score (nSPS) is 14.7. The van der Waals surface area contributed by atoms with Crippen LogP contribution in [0, 0.1) is 0 Å². The number of likely N-dealkylation sites (N-methyl/N-ethyl adjacent to an activating group) is 1. The van der Waals surface area contributed by atoms with Crippen LogP contribution in [0.3, 0.4) is 0 Å². The minimum Gasteiger partial charge on any atom is -0.350 e. The van der Waals surface area contributed by atoms with E-state index < -0.39 is 6.04 Å². The molecule has 0 spiro atoms. The number of aryl methyl sites for hydroxylation is 1. The van der Waals surface area contributed by atoms with Gasteiger partial charge in [0, 0.05) is 44.9 Å². The molecule has 1 aliphatic rings. The van der Waals surface area contributed by atoms with Gasteiger partial charge in [-0.1, -0.05) is 24.3 Å². The van der Waals surface area contributed by atoms with Crippen molar-refractivity contribution in [3.63, 3.8) is 0 Å². The van der Waals surface area contributed by atoms with Crippen molar-refractivity contribution < 1.29 is 9.59 Å². The average molecular weight is 392 g/mol. The number of nitrogens with zero attached hydrogens (tertiary/aromatic N) is 3. The quantitative estimate of drug-likeness (QED) is 0.750. The fourth-order valence-corrected chi connectivity index (χ4v) is 3.18. The molecule has 2 amide bonds. The summed E-state index contributed by atoms with van der Waals surface area (Å²) >= 11 is 0. The van der Waals surface area contributed by atoms with Gasteiger partial charge >= 0.3 is 0 Å². The summed E-state index contributed by atoms with van der Waals surface area (Å²) in [7, 11) is 3.58. The van der Waals surface area contributed by atoms with E-state index in [4.69, 9.17) is 0 Å². The number of benzene rings is 1. The summed E-state index contributed by atoms with van der Waals surface area (Å²) < 4.78 is 1.68. The van der Waals surface area contributed by atoms with Crippen molar-refractivity contribution in [3.05, 3.63) is 53.3 Å². The SMILES string of the molecule is CNC(C(=O)NCc1ccc(CN2CCCC2=O)cc1)c1cnn(C)c1.Cl. The van der Waals surface area contributed by atoms with Gasteiger partial charge in [0.15, 0.2) is 0 Å². The van der Waals surface area contributed by atoms with Crippen LogP contribution in [-0.4, -0.2) is 40.1 Å². The van der Waals surface area contributed by atoms with Gasteiger partial charge in [-0.25, -0.2) is 0 Å². The topological polar surface area (TPSA) is 79.3 Å². The van der Waals surface area contributed by atoms with E-state index in [1.165, 1.54) is 0 Å². The van der Waals surface area contributed by atoms with Crippen LogP contribution in [0.25, 0.3) is 0 Å². The third kappa shape index (κ3) is 5.30. The Hall–Kier alpha value is -2.38. The standard InChI is InChI=1S/C19H25N5O2.ClH/c1-20-18(16-11-22-23(2)13-16)19(26)21-10-14-5-7-15(8-6-14)12-24-9-3-4-17(24)25;/h5-8,11,13,18,20H,3-4,9-10,12H2,1-2H3,(H,21,26);1H. The van der Waals surface area contributed by atoms with Gasteiger partial charge in [-0.05, 0) is 24.6 Å². The highest BCUT2D eigenvalue weighted by atomic mass is 35.5. The first kappa shape index (κ1) is 20.9. The van der Waals surface area contributed by atoms with Crippen LogP contribution in [0.15, 0.2) is 36.7 Å². The van der Waals surface area contributed by atoms with Gasteiger partial charge in [0.25, 0.3) is 0 Å². The molecule has 2 aromatic rings. The maximum Gasteiger partial charge on any atom is 0.242 e. The minimum absolute atomic E-state index is 0. The lowest BCUT2D eigenvalue weighted by atomic mass is 10.1. The Morgan fingerprint density at radius 2 is 1.96 bits per heavy atom. The third-order valence-electron chi connectivity index (χ3n) is 4.64. The molecular formula is C19H26ClN5O2. The molecule has 1 saturated heterocycles. The number of nitrogens with one attached hydrogen (secondary N) is 2. The molecule has 2 N–H and O–H groups in total. The molecule has 2 heterocycles. The van der Waals surface area contributed by atoms with Gasteiger partial charge in [-0.15, -0.1) is 12.4 Å². The molecule has 3 rings (SSSR count). The molecule has 1 fully saturated rings. The van der Waals surface area contributed by atoms with Gasteiger partial charge in [0.1, 0.15) is 6.04 Å². The van der Waals surface area contributed by atoms with Gasteiger partial charge in [0.05, 0.1) is 6.20 Å². The van der Waals surface area contributed by atoms with Gasteiger partial charge in [0.2, 0.25) is 11.8 Å². The fraction of sp³-hybridized carbons (Fsp3) is 0.421. The highest BCUT2D eigenvalue weighted by Crippen LogP contribution is 2.15. The third-order valence-corrected chi connectivity index (χ3v) is 4.64. The van der Waals surface area contributed by atoms with Crippen LogP contribution in [0.4, 0.5) is 0 Å². The predicted octanol–water partition coefficient (Wildman–Crippen LogP) is 1.54. The molecule has 1 unspecified atom stereocenters.